The Morgan fingerprint density at radius 2 is 1.96 bits per heavy atom. The van der Waals surface area contributed by atoms with Gasteiger partial charge in [-0.1, -0.05) is 43.5 Å². The maximum absolute atomic E-state index is 12.3. The molecule has 4 rings (SSSR count). The fourth-order valence-electron chi connectivity index (χ4n) is 3.42. The van der Waals surface area contributed by atoms with E-state index >= 15 is 0 Å². The summed E-state index contributed by atoms with van der Waals surface area (Å²) in [6, 6.07) is 14.0. The lowest BCUT2D eigenvalue weighted by Gasteiger charge is -2.19. The van der Waals surface area contributed by atoms with Crippen molar-refractivity contribution < 1.29 is 4.79 Å². The van der Waals surface area contributed by atoms with E-state index in [1.54, 1.807) is 17.6 Å². The lowest BCUT2D eigenvalue weighted by atomic mass is 9.89. The van der Waals surface area contributed by atoms with Crippen LogP contribution in [0.25, 0.3) is 16.3 Å². The summed E-state index contributed by atoms with van der Waals surface area (Å²) in [4.78, 5) is 13.4. The summed E-state index contributed by atoms with van der Waals surface area (Å²) < 4.78 is 1.85. The number of thiophene rings is 1. The number of para-hydroxylation sites is 1. The molecule has 138 valence electrons. The van der Waals surface area contributed by atoms with Crippen molar-refractivity contribution in [1.29, 1.82) is 0 Å². The lowest BCUT2D eigenvalue weighted by molar-refractivity contribution is -0.125. The minimum atomic E-state index is 0.0269. The van der Waals surface area contributed by atoms with Crippen LogP contribution in [-0.2, 0) is 4.79 Å². The van der Waals surface area contributed by atoms with Gasteiger partial charge in [-0.05, 0) is 36.4 Å². The van der Waals surface area contributed by atoms with E-state index in [4.69, 9.17) is 5.10 Å². The number of hydrazone groups is 1. The highest BCUT2D eigenvalue weighted by atomic mass is 32.1. The van der Waals surface area contributed by atoms with E-state index in [0.717, 1.165) is 47.5 Å². The van der Waals surface area contributed by atoms with Gasteiger partial charge in [-0.15, -0.1) is 11.3 Å². The molecule has 1 saturated carbocycles. The number of nitrogens with one attached hydrogen (secondary N) is 1. The molecule has 0 bridgehead atoms. The zero-order chi connectivity index (χ0) is 18.5. The molecule has 1 aliphatic rings. The number of benzene rings is 1. The van der Waals surface area contributed by atoms with Crippen molar-refractivity contribution in [2.24, 2.45) is 11.0 Å². The summed E-state index contributed by atoms with van der Waals surface area (Å²) in [7, 11) is 0. The molecule has 0 aliphatic heterocycles. The Hall–Kier alpha value is -2.73. The van der Waals surface area contributed by atoms with Crippen molar-refractivity contribution in [3.05, 3.63) is 59.6 Å². The fraction of sp³-hybridized carbons (Fsp3) is 0.286. The van der Waals surface area contributed by atoms with Crippen LogP contribution < -0.4 is 5.43 Å². The van der Waals surface area contributed by atoms with E-state index in [1.807, 2.05) is 58.7 Å². The van der Waals surface area contributed by atoms with Gasteiger partial charge in [-0.25, -0.2) is 10.1 Å². The third kappa shape index (κ3) is 4.17. The maximum Gasteiger partial charge on any atom is 0.243 e. The van der Waals surface area contributed by atoms with E-state index in [9.17, 15) is 4.79 Å². The monoisotopic (exact) mass is 378 g/mol. The third-order valence-corrected chi connectivity index (χ3v) is 5.75. The summed E-state index contributed by atoms with van der Waals surface area (Å²) in [6.45, 7) is 0. The Labute approximate surface area is 162 Å². The standard InChI is InChI=1S/C21H22N4OS/c26-21(16-8-3-1-4-9-16)23-22-14-17-15-25(18-10-5-2-6-11-18)24-20(17)19-12-7-13-27-19/h2,5-7,10-16H,1,3-4,8-9H2,(H,23,26)/b22-14-. The summed E-state index contributed by atoms with van der Waals surface area (Å²) in [5.41, 5.74) is 5.45. The first kappa shape index (κ1) is 17.7. The predicted octanol–water partition coefficient (Wildman–Crippen LogP) is 4.63. The zero-order valence-electron chi connectivity index (χ0n) is 15.0. The Balaban J connectivity index is 1.55. The van der Waals surface area contributed by atoms with Crippen LogP contribution in [0, 0.1) is 5.92 Å². The minimum Gasteiger partial charge on any atom is -0.273 e. The molecule has 1 aromatic carbocycles. The highest BCUT2D eigenvalue weighted by molar-refractivity contribution is 7.13. The van der Waals surface area contributed by atoms with E-state index in [0.29, 0.717) is 0 Å². The molecule has 0 saturated heterocycles. The van der Waals surface area contributed by atoms with Crippen LogP contribution >= 0.6 is 11.3 Å². The number of amides is 1. The normalized spacial score (nSPS) is 15.3. The number of nitrogens with zero attached hydrogens (tertiary/aromatic N) is 3. The van der Waals surface area contributed by atoms with Crippen LogP contribution in [0.15, 0.2) is 59.1 Å². The molecule has 3 aromatic rings. The highest BCUT2D eigenvalue weighted by Gasteiger charge is 2.20. The van der Waals surface area contributed by atoms with Gasteiger partial charge >= 0.3 is 0 Å². The van der Waals surface area contributed by atoms with Crippen molar-refractivity contribution in [2.75, 3.05) is 0 Å². The molecule has 0 radical (unpaired) electrons. The molecule has 27 heavy (non-hydrogen) atoms. The molecule has 0 atom stereocenters. The van der Waals surface area contributed by atoms with Crippen LogP contribution in [0.3, 0.4) is 0 Å². The van der Waals surface area contributed by atoms with Crippen LogP contribution in [0.2, 0.25) is 0 Å². The second kappa shape index (κ2) is 8.31. The van der Waals surface area contributed by atoms with Crippen molar-refractivity contribution in [1.82, 2.24) is 15.2 Å². The first-order chi connectivity index (χ1) is 13.3. The Kier molecular flexibility index (Phi) is 5.44. The topological polar surface area (TPSA) is 59.3 Å². The molecule has 2 heterocycles. The molecule has 1 amide bonds. The highest BCUT2D eigenvalue weighted by Crippen LogP contribution is 2.27. The summed E-state index contributed by atoms with van der Waals surface area (Å²) in [5, 5.41) is 11.0. The van der Waals surface area contributed by atoms with Crippen LogP contribution in [0.1, 0.15) is 37.7 Å². The Morgan fingerprint density at radius 1 is 1.15 bits per heavy atom. The molecule has 1 N–H and O–H groups in total. The fourth-order valence-corrected chi connectivity index (χ4v) is 4.15. The van der Waals surface area contributed by atoms with Gasteiger partial charge in [0.25, 0.3) is 0 Å². The number of carbonyl (C=O) groups excluding carboxylic acids is 1. The van der Waals surface area contributed by atoms with E-state index in [-0.39, 0.29) is 11.8 Å². The number of hydrogen-bond donors (Lipinski definition) is 1. The van der Waals surface area contributed by atoms with Gasteiger partial charge in [0.2, 0.25) is 5.91 Å². The smallest absolute Gasteiger partial charge is 0.243 e. The summed E-state index contributed by atoms with van der Waals surface area (Å²) in [6.07, 6.45) is 9.07. The third-order valence-electron chi connectivity index (χ3n) is 4.87. The van der Waals surface area contributed by atoms with Gasteiger partial charge in [0, 0.05) is 17.7 Å². The largest absolute Gasteiger partial charge is 0.273 e. The number of carbonyl (C=O) groups is 1. The molecule has 5 nitrogen and oxygen atoms in total. The van der Waals surface area contributed by atoms with Gasteiger partial charge in [0.1, 0.15) is 5.69 Å². The Bertz CT molecular complexity index is 909. The van der Waals surface area contributed by atoms with Crippen molar-refractivity contribution in [3.8, 4) is 16.3 Å². The zero-order valence-corrected chi connectivity index (χ0v) is 15.9. The van der Waals surface area contributed by atoms with Crippen molar-refractivity contribution in [3.63, 3.8) is 0 Å². The molecule has 2 aromatic heterocycles. The van der Waals surface area contributed by atoms with Gasteiger partial charge in [-0.2, -0.15) is 10.2 Å². The minimum absolute atomic E-state index is 0.0269. The summed E-state index contributed by atoms with van der Waals surface area (Å²) in [5.74, 6) is 0.124. The first-order valence-corrected chi connectivity index (χ1v) is 10.2. The molecular weight excluding hydrogens is 356 g/mol. The van der Waals surface area contributed by atoms with Gasteiger partial charge in [0.05, 0.1) is 16.8 Å². The SMILES string of the molecule is O=C(N/N=C\c1cn(-c2ccccc2)nc1-c1cccs1)C1CCCCC1. The number of aromatic nitrogens is 2. The van der Waals surface area contributed by atoms with Crippen LogP contribution in [-0.4, -0.2) is 21.9 Å². The van der Waals surface area contributed by atoms with Gasteiger partial charge < -0.3 is 0 Å². The summed E-state index contributed by atoms with van der Waals surface area (Å²) >= 11 is 1.64. The van der Waals surface area contributed by atoms with E-state index in [2.05, 4.69) is 10.5 Å². The average Bonchev–Trinajstić information content (AvgIpc) is 3.39. The van der Waals surface area contributed by atoms with Crippen LogP contribution in [0.5, 0.6) is 0 Å². The maximum atomic E-state index is 12.3. The average molecular weight is 379 g/mol. The predicted molar refractivity (Wildman–Crippen MR) is 109 cm³/mol. The number of hydrogen-bond acceptors (Lipinski definition) is 4. The molecule has 0 spiro atoms. The van der Waals surface area contributed by atoms with E-state index in [1.165, 1.54) is 6.42 Å². The van der Waals surface area contributed by atoms with Gasteiger partial charge in [-0.3, -0.25) is 4.79 Å². The van der Waals surface area contributed by atoms with E-state index < -0.39 is 0 Å². The number of rotatable bonds is 5. The quantitative estimate of drug-likeness (QED) is 0.520. The van der Waals surface area contributed by atoms with Crippen molar-refractivity contribution in [2.45, 2.75) is 32.1 Å². The molecular formula is C21H22N4OS. The second-order valence-corrected chi connectivity index (χ2v) is 7.71. The molecule has 6 heteroatoms. The van der Waals surface area contributed by atoms with Gasteiger partial charge in [0.15, 0.2) is 0 Å². The Morgan fingerprint density at radius 3 is 2.70 bits per heavy atom. The molecule has 1 aliphatic carbocycles. The first-order valence-electron chi connectivity index (χ1n) is 9.33. The second-order valence-electron chi connectivity index (χ2n) is 6.76. The molecule has 1 fully saturated rings. The lowest BCUT2D eigenvalue weighted by Crippen LogP contribution is -2.28. The van der Waals surface area contributed by atoms with Crippen molar-refractivity contribution >= 4 is 23.5 Å². The molecule has 0 unspecified atom stereocenters. The van der Waals surface area contributed by atoms with Crippen LogP contribution in [0.4, 0.5) is 0 Å².